The van der Waals surface area contributed by atoms with Crippen molar-refractivity contribution < 1.29 is 4.74 Å². The molecule has 1 fully saturated rings. The molecule has 5 rings (SSSR count). The fraction of sp³-hybridized carbons (Fsp3) is 0.333. The Bertz CT molecular complexity index is 1340. The zero-order valence-corrected chi connectivity index (χ0v) is 24.4. The first-order valence-electron chi connectivity index (χ1n) is 14.1. The Hall–Kier alpha value is -2.89. The Morgan fingerprint density at radius 1 is 0.711 bits per heavy atom. The highest BCUT2D eigenvalue weighted by Gasteiger charge is 2.38. The van der Waals surface area contributed by atoms with Gasteiger partial charge in [0.15, 0.2) is 0 Å². The van der Waals surface area contributed by atoms with Gasteiger partial charge in [-0.2, -0.15) is 0 Å². The summed E-state index contributed by atoms with van der Waals surface area (Å²) < 4.78 is 6.97. The first-order chi connectivity index (χ1) is 18.4. The monoisotopic (exact) mass is 520 g/mol. The van der Waals surface area contributed by atoms with Crippen molar-refractivity contribution in [2.24, 2.45) is 17.8 Å². The van der Waals surface area contributed by atoms with Gasteiger partial charge < -0.3 is 4.74 Å². The van der Waals surface area contributed by atoms with E-state index in [1.165, 1.54) is 52.1 Å². The van der Waals surface area contributed by atoms with Crippen molar-refractivity contribution in [1.82, 2.24) is 0 Å². The van der Waals surface area contributed by atoms with E-state index in [9.17, 15) is 0 Å². The van der Waals surface area contributed by atoms with E-state index in [-0.39, 0.29) is 0 Å². The largest absolute Gasteiger partial charge is 0.456 e. The van der Waals surface area contributed by atoms with Gasteiger partial charge in [-0.05, 0) is 88.1 Å². The minimum atomic E-state index is -0.528. The zero-order valence-electron chi connectivity index (χ0n) is 23.5. The van der Waals surface area contributed by atoms with E-state index in [1.54, 1.807) is 0 Å². The summed E-state index contributed by atoms with van der Waals surface area (Å²) >= 11 is 0. The molecule has 4 atom stereocenters. The van der Waals surface area contributed by atoms with Gasteiger partial charge >= 0.3 is 0 Å². The van der Waals surface area contributed by atoms with Crippen LogP contribution in [0.5, 0.6) is 11.5 Å². The Morgan fingerprint density at radius 2 is 1.32 bits per heavy atom. The van der Waals surface area contributed by atoms with Crippen molar-refractivity contribution in [3.63, 3.8) is 0 Å². The van der Waals surface area contributed by atoms with Gasteiger partial charge in [-0.1, -0.05) is 110 Å². The van der Waals surface area contributed by atoms with Crippen LogP contribution < -0.4 is 15.3 Å². The minimum Gasteiger partial charge on any atom is -0.456 e. The SMILES string of the molecule is Cc1ccc(Oc2ccc(C)cc2[P@@](C)c2ccccc2)c([C@H](c2ccccc2)C2CCCC2C(C)C)c1. The van der Waals surface area contributed by atoms with Crippen LogP contribution in [-0.4, -0.2) is 6.66 Å². The Labute approximate surface area is 231 Å². The van der Waals surface area contributed by atoms with E-state index >= 15 is 0 Å². The molecule has 196 valence electrons. The van der Waals surface area contributed by atoms with Crippen LogP contribution in [0, 0.1) is 31.6 Å². The molecule has 1 aliphatic rings. The molecular weight excluding hydrogens is 479 g/mol. The summed E-state index contributed by atoms with van der Waals surface area (Å²) in [5.41, 5.74) is 5.31. The Kier molecular flexibility index (Phi) is 8.35. The standard InChI is InChI=1S/C36H41OP/c1-25(2)30-17-12-18-31(30)36(28-13-8-6-9-14-28)32-23-26(3)19-21-33(32)37-34-22-20-27(4)24-35(34)38(5)29-15-10-7-11-16-29/h6-11,13-16,19-25,30-31,36H,12,17-18H2,1-5H3/t30?,31?,36-,38+/m1/s1. The third-order valence-electron chi connectivity index (χ3n) is 8.41. The third-order valence-corrected chi connectivity index (χ3v) is 10.6. The molecular formula is C36H41OP. The second kappa shape index (κ2) is 11.9. The molecule has 4 aromatic carbocycles. The molecule has 0 amide bonds. The maximum atomic E-state index is 6.97. The number of rotatable bonds is 8. The lowest BCUT2D eigenvalue weighted by molar-refractivity contribution is 0.270. The molecule has 1 aliphatic carbocycles. The van der Waals surface area contributed by atoms with E-state index in [0.29, 0.717) is 17.8 Å². The summed E-state index contributed by atoms with van der Waals surface area (Å²) in [5.74, 6) is 4.34. The van der Waals surface area contributed by atoms with Gasteiger partial charge in [0.2, 0.25) is 0 Å². The van der Waals surface area contributed by atoms with Gasteiger partial charge in [-0.3, -0.25) is 0 Å². The van der Waals surface area contributed by atoms with Crippen LogP contribution >= 0.6 is 7.92 Å². The topological polar surface area (TPSA) is 9.23 Å². The molecule has 0 bridgehead atoms. The normalized spacial score (nSPS) is 18.9. The molecule has 0 aromatic heterocycles. The van der Waals surface area contributed by atoms with Crippen LogP contribution in [0.3, 0.4) is 0 Å². The summed E-state index contributed by atoms with van der Waals surface area (Å²) in [6, 6.07) is 35.5. The quantitative estimate of drug-likeness (QED) is 0.210. The smallest absolute Gasteiger partial charge is 0.135 e. The highest BCUT2D eigenvalue weighted by Crippen LogP contribution is 2.50. The molecule has 0 spiro atoms. The lowest BCUT2D eigenvalue weighted by Gasteiger charge is -2.33. The van der Waals surface area contributed by atoms with E-state index in [0.717, 1.165) is 17.4 Å². The van der Waals surface area contributed by atoms with Crippen LogP contribution in [0.25, 0.3) is 0 Å². The summed E-state index contributed by atoms with van der Waals surface area (Å²) in [6.07, 6.45) is 3.92. The average molecular weight is 521 g/mol. The van der Waals surface area contributed by atoms with Gasteiger partial charge in [0, 0.05) is 16.8 Å². The maximum Gasteiger partial charge on any atom is 0.135 e. The number of hydrogen-bond donors (Lipinski definition) is 0. The predicted octanol–water partition coefficient (Wildman–Crippen LogP) is 9.36. The highest BCUT2D eigenvalue weighted by molar-refractivity contribution is 7.72. The van der Waals surface area contributed by atoms with Gasteiger partial charge in [0.25, 0.3) is 0 Å². The second-order valence-corrected chi connectivity index (χ2v) is 13.5. The van der Waals surface area contributed by atoms with Crippen LogP contribution in [0.4, 0.5) is 0 Å². The Morgan fingerprint density at radius 3 is 2.00 bits per heavy atom. The molecule has 0 saturated heterocycles. The Balaban J connectivity index is 1.60. The van der Waals surface area contributed by atoms with Crippen molar-refractivity contribution in [2.45, 2.75) is 52.9 Å². The van der Waals surface area contributed by atoms with Gasteiger partial charge in [-0.15, -0.1) is 0 Å². The fourth-order valence-electron chi connectivity index (χ4n) is 6.47. The van der Waals surface area contributed by atoms with Gasteiger partial charge in [0.1, 0.15) is 11.5 Å². The second-order valence-electron chi connectivity index (χ2n) is 11.4. The van der Waals surface area contributed by atoms with E-state index in [2.05, 4.69) is 131 Å². The molecule has 2 unspecified atom stereocenters. The van der Waals surface area contributed by atoms with Crippen molar-refractivity contribution in [3.05, 3.63) is 119 Å². The molecule has 0 N–H and O–H groups in total. The molecule has 0 aliphatic heterocycles. The molecule has 0 heterocycles. The van der Waals surface area contributed by atoms with Gasteiger partial charge in [-0.25, -0.2) is 0 Å². The van der Waals surface area contributed by atoms with Crippen LogP contribution in [-0.2, 0) is 0 Å². The lowest BCUT2D eigenvalue weighted by Crippen LogP contribution is -2.23. The number of ether oxygens (including phenoxy) is 1. The van der Waals surface area contributed by atoms with E-state index in [4.69, 9.17) is 4.74 Å². The number of benzene rings is 4. The molecule has 0 radical (unpaired) electrons. The first kappa shape index (κ1) is 26.7. The highest BCUT2D eigenvalue weighted by atomic mass is 31.1. The fourth-order valence-corrected chi connectivity index (χ4v) is 8.21. The summed E-state index contributed by atoms with van der Waals surface area (Å²) in [5, 5.41) is 2.67. The van der Waals surface area contributed by atoms with E-state index < -0.39 is 7.92 Å². The molecule has 4 aromatic rings. The zero-order chi connectivity index (χ0) is 26.6. The maximum absolute atomic E-state index is 6.97. The van der Waals surface area contributed by atoms with Gasteiger partial charge in [0.05, 0.1) is 0 Å². The molecule has 2 heteroatoms. The van der Waals surface area contributed by atoms with Crippen molar-refractivity contribution in [1.29, 1.82) is 0 Å². The van der Waals surface area contributed by atoms with Crippen molar-refractivity contribution in [2.75, 3.05) is 6.66 Å². The predicted molar refractivity (Wildman–Crippen MR) is 165 cm³/mol. The lowest BCUT2D eigenvalue weighted by atomic mass is 9.72. The van der Waals surface area contributed by atoms with Crippen LogP contribution in [0.2, 0.25) is 0 Å². The number of aryl methyl sites for hydroxylation is 2. The minimum absolute atomic E-state index is 0.326. The van der Waals surface area contributed by atoms with Crippen molar-refractivity contribution >= 4 is 18.5 Å². The van der Waals surface area contributed by atoms with E-state index in [1.807, 2.05) is 0 Å². The summed E-state index contributed by atoms with van der Waals surface area (Å²) in [7, 11) is -0.528. The van der Waals surface area contributed by atoms with Crippen molar-refractivity contribution in [3.8, 4) is 11.5 Å². The molecule has 38 heavy (non-hydrogen) atoms. The molecule has 1 saturated carbocycles. The molecule has 1 nitrogen and oxygen atoms in total. The average Bonchev–Trinajstić information content (AvgIpc) is 3.42. The van der Waals surface area contributed by atoms with Crippen LogP contribution in [0.1, 0.15) is 61.3 Å². The summed E-state index contributed by atoms with van der Waals surface area (Å²) in [4.78, 5) is 0. The first-order valence-corrected chi connectivity index (χ1v) is 15.9. The third kappa shape index (κ3) is 5.74. The summed E-state index contributed by atoms with van der Waals surface area (Å²) in [6.45, 7) is 11.5. The van der Waals surface area contributed by atoms with Crippen LogP contribution in [0.15, 0.2) is 97.1 Å². The number of hydrogen-bond acceptors (Lipinski definition) is 1.